The topological polar surface area (TPSA) is 43.4 Å². The minimum atomic E-state index is -3.33. The van der Waals surface area contributed by atoms with Gasteiger partial charge in [0.15, 0.2) is 0 Å². The largest absolute Gasteiger partial charge is 0.268 e. The van der Waals surface area contributed by atoms with Crippen molar-refractivity contribution in [2.75, 3.05) is 5.75 Å². The van der Waals surface area contributed by atoms with Crippen LogP contribution in [-0.4, -0.2) is 19.8 Å². The smallest absolute Gasteiger partial charge is 0.263 e. The predicted molar refractivity (Wildman–Crippen MR) is 58.9 cm³/mol. The van der Waals surface area contributed by atoms with E-state index in [9.17, 15) is 8.42 Å². The molecule has 1 aliphatic carbocycles. The molecule has 0 aromatic carbocycles. The Bertz CT molecular complexity index is 359. The van der Waals surface area contributed by atoms with Crippen molar-refractivity contribution in [1.29, 1.82) is 0 Å². The second-order valence-electron chi connectivity index (χ2n) is 5.77. The zero-order chi connectivity index (χ0) is 11.6. The summed E-state index contributed by atoms with van der Waals surface area (Å²) < 4.78 is 28.9. The monoisotopic (exact) mass is 232 g/mol. The third kappa shape index (κ3) is 1.24. The summed E-state index contributed by atoms with van der Waals surface area (Å²) in [6.07, 6.45) is 0. The molecule has 1 saturated heterocycles. The molecule has 3 nitrogen and oxygen atoms in total. The van der Waals surface area contributed by atoms with Crippen molar-refractivity contribution < 1.29 is 12.6 Å². The predicted octanol–water partition coefficient (Wildman–Crippen LogP) is 2.03. The molecule has 0 spiro atoms. The van der Waals surface area contributed by atoms with Crippen molar-refractivity contribution in [3.8, 4) is 0 Å². The molecule has 2 bridgehead atoms. The lowest BCUT2D eigenvalue weighted by Gasteiger charge is -2.42. The highest BCUT2D eigenvalue weighted by molar-refractivity contribution is 7.86. The lowest BCUT2D eigenvalue weighted by molar-refractivity contribution is -0.00495. The van der Waals surface area contributed by atoms with Gasteiger partial charge in [-0.2, -0.15) is 8.42 Å². The van der Waals surface area contributed by atoms with Gasteiger partial charge in [-0.1, -0.05) is 27.7 Å². The number of fused-ring (bicyclic) bond motifs is 2. The first-order chi connectivity index (χ1) is 6.63. The van der Waals surface area contributed by atoms with Crippen LogP contribution in [-0.2, 0) is 14.3 Å². The fourth-order valence-corrected chi connectivity index (χ4v) is 5.78. The molecule has 15 heavy (non-hydrogen) atoms. The summed E-state index contributed by atoms with van der Waals surface area (Å²) in [5, 5.41) is 0. The molecule has 0 amide bonds. The lowest BCUT2D eigenvalue weighted by Crippen LogP contribution is -2.49. The maximum Gasteiger partial charge on any atom is 0.268 e. The molecule has 2 aliphatic rings. The second kappa shape index (κ2) is 2.77. The number of hydrogen-bond donors (Lipinski definition) is 0. The molecule has 1 heterocycles. The molecule has 1 saturated carbocycles. The molecule has 0 aromatic heterocycles. The minimum Gasteiger partial charge on any atom is -0.263 e. The second-order valence-corrected chi connectivity index (χ2v) is 7.34. The molecule has 0 radical (unpaired) electrons. The Labute approximate surface area is 92.3 Å². The first-order valence-electron chi connectivity index (χ1n) is 5.57. The highest BCUT2D eigenvalue weighted by atomic mass is 32.2. The molecule has 0 aromatic rings. The van der Waals surface area contributed by atoms with Crippen molar-refractivity contribution in [1.82, 2.24) is 0 Å². The van der Waals surface area contributed by atoms with E-state index < -0.39 is 15.7 Å². The van der Waals surface area contributed by atoms with E-state index in [1.807, 2.05) is 6.92 Å². The maximum atomic E-state index is 11.7. The first kappa shape index (κ1) is 11.4. The van der Waals surface area contributed by atoms with Gasteiger partial charge in [0.2, 0.25) is 0 Å². The summed E-state index contributed by atoms with van der Waals surface area (Å²) in [7, 11) is -3.33. The van der Waals surface area contributed by atoms with Gasteiger partial charge in [-0.3, -0.25) is 4.18 Å². The normalized spacial score (nSPS) is 58.1. The fourth-order valence-electron chi connectivity index (χ4n) is 3.60. The number of hydrogen-bond acceptors (Lipinski definition) is 3. The Kier molecular flexibility index (Phi) is 2.11. The van der Waals surface area contributed by atoms with Gasteiger partial charge >= 0.3 is 0 Å². The van der Waals surface area contributed by atoms with Crippen LogP contribution in [0.15, 0.2) is 0 Å². The Morgan fingerprint density at radius 3 is 2.13 bits per heavy atom. The lowest BCUT2D eigenvalue weighted by atomic mass is 9.75. The summed E-state index contributed by atoms with van der Waals surface area (Å²) in [4.78, 5) is 0. The van der Waals surface area contributed by atoms with Gasteiger partial charge in [0.25, 0.3) is 10.1 Å². The van der Waals surface area contributed by atoms with Gasteiger partial charge in [0.1, 0.15) is 0 Å². The van der Waals surface area contributed by atoms with E-state index in [2.05, 4.69) is 27.7 Å². The average Bonchev–Trinajstić information content (AvgIpc) is 2.19. The fraction of sp³-hybridized carbons (Fsp3) is 1.00. The molecule has 88 valence electrons. The van der Waals surface area contributed by atoms with E-state index in [1.54, 1.807) is 0 Å². The highest BCUT2D eigenvalue weighted by Gasteiger charge is 2.65. The standard InChI is InChI=1S/C11H20O3S/c1-7-8(2)11(5)9(3)10(7,4)6-15(12,13)14-11/h7-9H,6H2,1-5H3. The van der Waals surface area contributed by atoms with Crippen LogP contribution in [0, 0.1) is 23.2 Å². The quantitative estimate of drug-likeness (QED) is 0.600. The van der Waals surface area contributed by atoms with E-state index in [-0.39, 0.29) is 17.1 Å². The Morgan fingerprint density at radius 1 is 1.13 bits per heavy atom. The van der Waals surface area contributed by atoms with E-state index in [0.29, 0.717) is 11.8 Å². The van der Waals surface area contributed by atoms with E-state index in [1.165, 1.54) is 0 Å². The third-order valence-corrected chi connectivity index (χ3v) is 6.93. The Hall–Kier alpha value is -0.0900. The van der Waals surface area contributed by atoms with Crippen LogP contribution < -0.4 is 0 Å². The summed E-state index contributed by atoms with van der Waals surface area (Å²) in [6, 6.07) is 0. The van der Waals surface area contributed by atoms with E-state index in [0.717, 1.165) is 0 Å². The molecular formula is C11H20O3S. The Balaban J connectivity index is 2.58. The van der Waals surface area contributed by atoms with Crippen LogP contribution in [0.5, 0.6) is 0 Å². The Morgan fingerprint density at radius 2 is 1.67 bits per heavy atom. The van der Waals surface area contributed by atoms with Crippen molar-refractivity contribution in [3.05, 3.63) is 0 Å². The van der Waals surface area contributed by atoms with Crippen molar-refractivity contribution in [2.24, 2.45) is 23.2 Å². The summed E-state index contributed by atoms with van der Waals surface area (Å²) >= 11 is 0. The van der Waals surface area contributed by atoms with E-state index >= 15 is 0 Å². The van der Waals surface area contributed by atoms with Crippen LogP contribution in [0.1, 0.15) is 34.6 Å². The first-order valence-corrected chi connectivity index (χ1v) is 7.14. The SMILES string of the molecule is CC1C(C)C2(C)OS(=O)(=O)CC1(C)C2C. The highest BCUT2D eigenvalue weighted by Crippen LogP contribution is 2.61. The minimum absolute atomic E-state index is 0.134. The van der Waals surface area contributed by atoms with Gasteiger partial charge in [-0.05, 0) is 30.1 Å². The summed E-state index contributed by atoms with van der Waals surface area (Å²) in [6.45, 7) is 10.4. The zero-order valence-corrected chi connectivity index (χ0v) is 10.9. The third-order valence-electron chi connectivity index (χ3n) is 5.34. The van der Waals surface area contributed by atoms with Gasteiger partial charge in [-0.15, -0.1) is 0 Å². The molecule has 5 atom stereocenters. The van der Waals surface area contributed by atoms with Crippen molar-refractivity contribution in [2.45, 2.75) is 40.2 Å². The molecule has 0 N–H and O–H groups in total. The zero-order valence-electron chi connectivity index (χ0n) is 10.1. The summed E-state index contributed by atoms with van der Waals surface area (Å²) in [5.41, 5.74) is -0.642. The molecule has 2 rings (SSSR count). The molecule has 5 unspecified atom stereocenters. The van der Waals surface area contributed by atoms with Crippen molar-refractivity contribution in [3.63, 3.8) is 0 Å². The van der Waals surface area contributed by atoms with E-state index in [4.69, 9.17) is 4.18 Å². The van der Waals surface area contributed by atoms with Crippen LogP contribution in [0.3, 0.4) is 0 Å². The molecule has 1 aliphatic heterocycles. The van der Waals surface area contributed by atoms with Gasteiger partial charge in [0.05, 0.1) is 11.4 Å². The van der Waals surface area contributed by atoms with Crippen molar-refractivity contribution >= 4 is 10.1 Å². The van der Waals surface area contributed by atoms with Crippen LogP contribution in [0.4, 0.5) is 0 Å². The molecule has 4 heteroatoms. The van der Waals surface area contributed by atoms with Crippen LogP contribution >= 0.6 is 0 Å². The van der Waals surface area contributed by atoms with Gasteiger partial charge in [0, 0.05) is 0 Å². The summed E-state index contributed by atoms with van der Waals surface area (Å²) in [5.74, 6) is 1.13. The average molecular weight is 232 g/mol. The maximum absolute atomic E-state index is 11.7. The molecular weight excluding hydrogens is 212 g/mol. The van der Waals surface area contributed by atoms with Gasteiger partial charge < -0.3 is 0 Å². The van der Waals surface area contributed by atoms with Crippen LogP contribution in [0.2, 0.25) is 0 Å². The molecule has 2 fully saturated rings. The van der Waals surface area contributed by atoms with Crippen LogP contribution in [0.25, 0.3) is 0 Å². The van der Waals surface area contributed by atoms with Gasteiger partial charge in [-0.25, -0.2) is 0 Å². The number of rotatable bonds is 0.